The second kappa shape index (κ2) is 20.2. The smallest absolute Gasteiger partial charge is 0.0622 e. The van der Waals surface area contributed by atoms with E-state index in [2.05, 4.69) is 45.9 Å². The topological polar surface area (TPSA) is 23.1 Å². The van der Waals surface area contributed by atoms with Crippen molar-refractivity contribution in [3.05, 3.63) is 35.9 Å². The molecule has 0 N–H and O–H groups in total. The van der Waals surface area contributed by atoms with Gasteiger partial charge in [-0.3, -0.25) is 0 Å². The van der Waals surface area contributed by atoms with Gasteiger partial charge in [-0.25, -0.2) is 0 Å². The van der Waals surface area contributed by atoms with E-state index in [1.807, 2.05) is 0 Å². The first-order valence-corrected chi connectivity index (χ1v) is 11.4. The summed E-state index contributed by atoms with van der Waals surface area (Å²) < 4.78 is 0.219. The fourth-order valence-corrected chi connectivity index (χ4v) is 3.67. The summed E-state index contributed by atoms with van der Waals surface area (Å²) in [5, 5.41) is 10.8. The van der Waals surface area contributed by atoms with Crippen molar-refractivity contribution in [1.82, 2.24) is 0 Å². The Morgan fingerprint density at radius 3 is 1.42 bits per heavy atom. The Hall–Kier alpha value is 0.409. The van der Waals surface area contributed by atoms with Crippen molar-refractivity contribution in [3.63, 3.8) is 0 Å². The molecule has 0 amide bonds. The first kappa shape index (κ1) is 26.4. The van der Waals surface area contributed by atoms with Gasteiger partial charge >= 0.3 is 125 Å². The van der Waals surface area contributed by atoms with Crippen LogP contribution in [0.15, 0.2) is 30.3 Å². The zero-order valence-corrected chi connectivity index (χ0v) is 20.7. The van der Waals surface area contributed by atoms with Crippen LogP contribution in [0.2, 0.25) is 0 Å². The molecule has 1 aromatic carbocycles. The average molecular weight is 431 g/mol. The standard InChI is InChI=1S/C23H38OSe.Na/c24-23(25)21-17-12-10-8-6-4-2-1-3-5-7-9-11-14-18-22-19-15-13-16-20-22;/h13,15-16,19-20H,1-12,14,17-18,21H2,(H,24,25);/q;+1/p-1. The zero-order valence-electron chi connectivity index (χ0n) is 17.0. The molecule has 0 aliphatic carbocycles. The van der Waals surface area contributed by atoms with E-state index in [1.165, 1.54) is 95.5 Å². The molecule has 1 rings (SSSR count). The quantitative estimate of drug-likeness (QED) is 0.275. The Kier molecular flexibility index (Phi) is 20.5. The van der Waals surface area contributed by atoms with Gasteiger partial charge in [0.2, 0.25) is 0 Å². The van der Waals surface area contributed by atoms with Gasteiger partial charge in [0.15, 0.2) is 0 Å². The summed E-state index contributed by atoms with van der Waals surface area (Å²) in [5.74, 6) is 0. The van der Waals surface area contributed by atoms with Gasteiger partial charge < -0.3 is 0 Å². The van der Waals surface area contributed by atoms with Gasteiger partial charge in [-0.05, 0) is 18.4 Å². The van der Waals surface area contributed by atoms with Crippen LogP contribution in [0.25, 0.3) is 0 Å². The molecule has 0 aliphatic heterocycles. The van der Waals surface area contributed by atoms with E-state index in [4.69, 9.17) is 0 Å². The predicted octanol–water partition coefficient (Wildman–Crippen LogP) is 2.74. The van der Waals surface area contributed by atoms with Crippen LogP contribution in [-0.4, -0.2) is 20.2 Å². The first-order chi connectivity index (χ1) is 12.3. The number of aryl methyl sites for hydroxylation is 1. The van der Waals surface area contributed by atoms with Crippen molar-refractivity contribution < 1.29 is 34.7 Å². The molecule has 142 valence electrons. The van der Waals surface area contributed by atoms with Crippen LogP contribution in [0.1, 0.15) is 102 Å². The maximum absolute atomic E-state index is 10.8. The van der Waals surface area contributed by atoms with Gasteiger partial charge in [-0.2, -0.15) is 0 Å². The molecule has 0 aliphatic rings. The molecular weight excluding hydrogens is 394 g/mol. The van der Waals surface area contributed by atoms with E-state index in [0.717, 1.165) is 12.8 Å². The van der Waals surface area contributed by atoms with E-state index in [1.54, 1.807) is 0 Å². The van der Waals surface area contributed by atoms with Crippen molar-refractivity contribution in [2.75, 3.05) is 0 Å². The Morgan fingerprint density at radius 1 is 0.615 bits per heavy atom. The summed E-state index contributed by atoms with van der Waals surface area (Å²) in [6.45, 7) is 0. The number of hydrogen-bond donors (Lipinski definition) is 0. The number of unbranched alkanes of at least 4 members (excludes halogenated alkanes) is 13. The van der Waals surface area contributed by atoms with Gasteiger partial charge in [0, 0.05) is 0 Å². The molecule has 0 aromatic heterocycles. The van der Waals surface area contributed by atoms with Crippen LogP contribution in [0.3, 0.4) is 0 Å². The zero-order chi connectivity index (χ0) is 18.0. The monoisotopic (exact) mass is 432 g/mol. The molecule has 0 saturated carbocycles. The van der Waals surface area contributed by atoms with Crippen LogP contribution in [0.5, 0.6) is 0 Å². The molecule has 1 nitrogen and oxygen atoms in total. The molecule has 0 spiro atoms. The van der Waals surface area contributed by atoms with Gasteiger partial charge in [0.1, 0.15) is 0 Å². The van der Waals surface area contributed by atoms with E-state index in [9.17, 15) is 5.11 Å². The maximum atomic E-state index is 10.8. The van der Waals surface area contributed by atoms with Crippen LogP contribution in [0, 0.1) is 0 Å². The van der Waals surface area contributed by atoms with E-state index < -0.39 is 0 Å². The van der Waals surface area contributed by atoms with Crippen molar-refractivity contribution in [3.8, 4) is 0 Å². The molecule has 1 aromatic rings. The fourth-order valence-electron chi connectivity index (χ4n) is 3.36. The van der Waals surface area contributed by atoms with E-state index in [-0.39, 0.29) is 34.2 Å². The van der Waals surface area contributed by atoms with Gasteiger partial charge in [0.05, 0.1) is 0 Å². The van der Waals surface area contributed by atoms with E-state index in [0.29, 0.717) is 0 Å². The first-order valence-electron chi connectivity index (χ1n) is 10.5. The molecular formula is C23H37NaOSe. The van der Waals surface area contributed by atoms with E-state index >= 15 is 0 Å². The Labute approximate surface area is 192 Å². The molecule has 0 bridgehead atoms. The summed E-state index contributed by atoms with van der Waals surface area (Å²) in [7, 11) is 0. The molecule has 0 saturated heterocycles. The van der Waals surface area contributed by atoms with Gasteiger partial charge in [0.25, 0.3) is 0 Å². The molecule has 0 unspecified atom stereocenters. The third-order valence-electron chi connectivity index (χ3n) is 4.94. The van der Waals surface area contributed by atoms with Crippen molar-refractivity contribution in [1.29, 1.82) is 0 Å². The van der Waals surface area contributed by atoms with Crippen LogP contribution in [0.4, 0.5) is 0 Å². The summed E-state index contributed by atoms with van der Waals surface area (Å²) in [4.78, 5) is 0. The Morgan fingerprint density at radius 2 is 1.00 bits per heavy atom. The normalized spacial score (nSPS) is 10.5. The summed E-state index contributed by atoms with van der Waals surface area (Å²) in [5.41, 5.74) is 1.49. The van der Waals surface area contributed by atoms with Crippen molar-refractivity contribution in [2.45, 2.75) is 103 Å². The third-order valence-corrected chi connectivity index (χ3v) is 5.37. The molecule has 0 radical (unpaired) electrons. The predicted molar refractivity (Wildman–Crippen MR) is 110 cm³/mol. The SMILES string of the molecule is [Na+].[O-]C(=[Se])CCCCCCCCCCCCCCCCc1ccccc1. The Balaban J connectivity index is 0.00000625. The molecule has 3 heteroatoms. The number of hydrogen-bond acceptors (Lipinski definition) is 1. The molecule has 0 fully saturated rings. The minimum Gasteiger partial charge on any atom is -0.0622 e. The average Bonchev–Trinajstić information content (AvgIpc) is 2.62. The van der Waals surface area contributed by atoms with Gasteiger partial charge in [-0.15, -0.1) is 0 Å². The summed E-state index contributed by atoms with van der Waals surface area (Å²) >= 11 is 2.56. The second-order valence-electron chi connectivity index (χ2n) is 7.31. The number of rotatable bonds is 17. The van der Waals surface area contributed by atoms with Crippen LogP contribution in [-0.2, 0) is 6.42 Å². The molecule has 0 atom stereocenters. The van der Waals surface area contributed by atoms with Gasteiger partial charge in [-0.1, -0.05) is 49.6 Å². The number of benzene rings is 1. The van der Waals surface area contributed by atoms with Crippen molar-refractivity contribution in [2.24, 2.45) is 0 Å². The van der Waals surface area contributed by atoms with Crippen LogP contribution < -0.4 is 34.7 Å². The summed E-state index contributed by atoms with van der Waals surface area (Å²) in [6.07, 6.45) is 20.9. The molecule has 0 heterocycles. The molecule has 26 heavy (non-hydrogen) atoms. The minimum absolute atomic E-state index is 0. The fraction of sp³-hybridized carbons (Fsp3) is 0.696. The minimum atomic E-state index is 0. The van der Waals surface area contributed by atoms with Crippen LogP contribution >= 0.6 is 0 Å². The van der Waals surface area contributed by atoms with Crippen molar-refractivity contribution >= 4 is 20.2 Å². The Bertz CT molecular complexity index is 421. The third kappa shape index (κ3) is 17.8. The summed E-state index contributed by atoms with van der Waals surface area (Å²) in [6, 6.07) is 10.9. The second-order valence-corrected chi connectivity index (χ2v) is 8.26.